The molecule has 0 spiro atoms. The molecule has 65 heavy (non-hydrogen) atoms. The summed E-state index contributed by atoms with van der Waals surface area (Å²) in [6.45, 7) is 25.7. The maximum absolute atomic E-state index is 13.3. The Morgan fingerprint density at radius 3 is 2.02 bits per heavy atom. The molecule has 0 radical (unpaired) electrons. The van der Waals surface area contributed by atoms with Gasteiger partial charge in [-0.3, -0.25) is 0 Å². The number of aliphatic hydroxyl groups is 2. The monoisotopic (exact) mass is 921 g/mol. The average molecular weight is 922 g/mol. The van der Waals surface area contributed by atoms with Crippen molar-refractivity contribution in [1.29, 1.82) is 0 Å². The molecule has 4 unspecified atom stereocenters. The van der Waals surface area contributed by atoms with E-state index in [0.29, 0.717) is 42.1 Å². The highest BCUT2D eigenvalue weighted by Crippen LogP contribution is 2.73. The molecule has 8 aliphatic carbocycles. The molecule has 0 heterocycles. The molecule has 0 amide bonds. The third kappa shape index (κ3) is 9.08. The van der Waals surface area contributed by atoms with Gasteiger partial charge in [-0.05, 0) is 201 Å². The van der Waals surface area contributed by atoms with Gasteiger partial charge < -0.3 is 28.8 Å². The first-order valence-corrected chi connectivity index (χ1v) is 30.9. The van der Waals surface area contributed by atoms with E-state index < -0.39 is 14.1 Å². The fraction of sp³-hybridized carbons (Fsp3) is 0.931. The summed E-state index contributed by atoms with van der Waals surface area (Å²) in [5.41, 5.74) is 3.53. The molecule has 7 heteroatoms. The molecule has 14 atom stereocenters. The maximum Gasteiger partial charge on any atom is 0.192 e. The molecule has 6 saturated carbocycles. The second kappa shape index (κ2) is 19.9. The summed E-state index contributed by atoms with van der Waals surface area (Å²) in [6, 6.07) is 3.55. The van der Waals surface area contributed by atoms with Crippen molar-refractivity contribution in [3.05, 3.63) is 23.3 Å². The van der Waals surface area contributed by atoms with E-state index >= 15 is 0 Å². The number of unbranched alkanes of at least 4 members (excludes halogenated alkanes) is 3. The predicted octanol–water partition coefficient (Wildman–Crippen LogP) is 14.5. The SMILES string of the molecule is CCCCCC[C@@]1(C(COC(C)C)O[C@@]2(O)C=C3CC[C@H]4[C@@H]5CCC[C@@]5(C)CC[C@@H]4[C@@]3(CO[Si](CC)(CC)CC)CC2)CCC2C3CCC4=C[C@H](O)CC[C@]4(COC(C)C)C3CC[C@@]21C. The van der Waals surface area contributed by atoms with Gasteiger partial charge in [0.05, 0.1) is 37.6 Å². The maximum atomic E-state index is 13.3. The molecule has 8 rings (SSSR count). The van der Waals surface area contributed by atoms with Crippen LogP contribution in [0.15, 0.2) is 23.3 Å². The van der Waals surface area contributed by atoms with Crippen LogP contribution in [0.3, 0.4) is 0 Å². The third-order valence-corrected chi connectivity index (χ3v) is 26.8. The van der Waals surface area contributed by atoms with Gasteiger partial charge in [-0.25, -0.2) is 0 Å². The van der Waals surface area contributed by atoms with Crippen molar-refractivity contribution < 1.29 is 28.8 Å². The number of hydrogen-bond acceptors (Lipinski definition) is 6. The predicted molar refractivity (Wildman–Crippen MR) is 269 cm³/mol. The van der Waals surface area contributed by atoms with Crippen LogP contribution < -0.4 is 0 Å². The summed E-state index contributed by atoms with van der Waals surface area (Å²) >= 11 is 0. The van der Waals surface area contributed by atoms with Gasteiger partial charge in [-0.2, -0.15) is 0 Å². The fourth-order valence-electron chi connectivity index (χ4n) is 18.2. The Bertz CT molecular complexity index is 1660. The molecular formula is C58H100O6Si. The van der Waals surface area contributed by atoms with Crippen molar-refractivity contribution >= 4 is 8.32 Å². The molecule has 0 saturated heterocycles. The van der Waals surface area contributed by atoms with E-state index in [2.05, 4.69) is 81.4 Å². The van der Waals surface area contributed by atoms with Crippen molar-refractivity contribution in [3.63, 3.8) is 0 Å². The van der Waals surface area contributed by atoms with Crippen molar-refractivity contribution in [2.45, 2.75) is 259 Å². The summed E-state index contributed by atoms with van der Waals surface area (Å²) < 4.78 is 28.5. The molecule has 0 bridgehead atoms. The first-order valence-electron chi connectivity index (χ1n) is 28.4. The summed E-state index contributed by atoms with van der Waals surface area (Å²) in [4.78, 5) is 0. The Labute approximate surface area is 400 Å². The molecule has 0 aromatic rings. The highest BCUT2D eigenvalue weighted by atomic mass is 28.4. The van der Waals surface area contributed by atoms with Crippen molar-refractivity contribution in [1.82, 2.24) is 0 Å². The lowest BCUT2D eigenvalue weighted by molar-refractivity contribution is -0.268. The number of rotatable bonds is 20. The molecule has 372 valence electrons. The number of ether oxygens (including phenoxy) is 3. The lowest BCUT2D eigenvalue weighted by Crippen LogP contribution is -2.59. The zero-order valence-corrected chi connectivity index (χ0v) is 44.8. The highest BCUT2D eigenvalue weighted by Gasteiger charge is 2.68. The van der Waals surface area contributed by atoms with Crippen LogP contribution in [0.1, 0.15) is 210 Å². The quantitative estimate of drug-likeness (QED) is 0.0548. The normalized spacial score (nSPS) is 43.0. The Morgan fingerprint density at radius 1 is 0.662 bits per heavy atom. The zero-order chi connectivity index (χ0) is 46.5. The smallest absolute Gasteiger partial charge is 0.192 e. The summed E-state index contributed by atoms with van der Waals surface area (Å²) in [7, 11) is -1.83. The van der Waals surface area contributed by atoms with Crippen LogP contribution >= 0.6 is 0 Å². The van der Waals surface area contributed by atoms with Gasteiger partial charge in [-0.15, -0.1) is 0 Å². The minimum Gasteiger partial charge on any atom is -0.416 e. The van der Waals surface area contributed by atoms with Gasteiger partial charge in [0.1, 0.15) is 0 Å². The van der Waals surface area contributed by atoms with E-state index in [0.717, 1.165) is 70.0 Å². The van der Waals surface area contributed by atoms with E-state index in [1.54, 1.807) is 0 Å². The molecule has 8 aliphatic rings. The van der Waals surface area contributed by atoms with E-state index in [1.165, 1.54) is 119 Å². The molecule has 0 aliphatic heterocycles. The highest BCUT2D eigenvalue weighted by molar-refractivity contribution is 6.73. The molecule has 2 N–H and O–H groups in total. The van der Waals surface area contributed by atoms with Crippen LogP contribution in [0.25, 0.3) is 0 Å². The summed E-state index contributed by atoms with van der Waals surface area (Å²) in [5.74, 6) is 2.78. The van der Waals surface area contributed by atoms with Crippen LogP contribution in [0.4, 0.5) is 0 Å². The average Bonchev–Trinajstić information content (AvgIpc) is 3.84. The number of hydrogen-bond donors (Lipinski definition) is 2. The van der Waals surface area contributed by atoms with Gasteiger partial charge in [0.2, 0.25) is 0 Å². The Hall–Kier alpha value is -0.543. The van der Waals surface area contributed by atoms with Crippen molar-refractivity contribution in [3.8, 4) is 0 Å². The molecule has 6 nitrogen and oxygen atoms in total. The second-order valence-corrected chi connectivity index (χ2v) is 30.2. The van der Waals surface area contributed by atoms with Crippen molar-refractivity contribution in [2.75, 3.05) is 19.8 Å². The first kappa shape index (κ1) is 50.8. The standard InChI is InChI=1S/C58H100O6Si/c1-11-15-16-17-29-57(33-27-49-47-22-20-43-36-45(59)24-32-55(43,39-62-42(7)8)51(47)26-31-54(49,57)10)52(38-61-41(5)6)64-58(60)35-34-56(40-63-65(12-2,13-3)14-4)44(37-58)21-23-46-48-19-18-28-53(48,9)30-25-50(46)56/h36-37,41-42,45-52,59-60H,11-35,38-40H2,1-10H3/t45-,46+,47?,48+,49?,50+,51?,52?,53+,54+,55-,56-,57+,58-/m1/s1. The fourth-order valence-corrected chi connectivity index (χ4v) is 20.9. The summed E-state index contributed by atoms with van der Waals surface area (Å²) in [6.07, 6.45) is 30.3. The van der Waals surface area contributed by atoms with Gasteiger partial charge in [0.25, 0.3) is 0 Å². The van der Waals surface area contributed by atoms with Crippen LogP contribution in [-0.4, -0.2) is 68.6 Å². The van der Waals surface area contributed by atoms with E-state index in [-0.39, 0.29) is 46.1 Å². The molecule has 6 fully saturated rings. The van der Waals surface area contributed by atoms with Gasteiger partial charge in [0.15, 0.2) is 14.1 Å². The summed E-state index contributed by atoms with van der Waals surface area (Å²) in [5, 5.41) is 24.2. The minimum absolute atomic E-state index is 0.00343. The van der Waals surface area contributed by atoms with Gasteiger partial charge in [-0.1, -0.05) is 90.9 Å². The Morgan fingerprint density at radius 2 is 1.32 bits per heavy atom. The van der Waals surface area contributed by atoms with Crippen LogP contribution in [0.5, 0.6) is 0 Å². The second-order valence-electron chi connectivity index (χ2n) is 25.4. The first-order chi connectivity index (χ1) is 31.0. The molecular weight excluding hydrogens is 821 g/mol. The zero-order valence-electron chi connectivity index (χ0n) is 43.8. The topological polar surface area (TPSA) is 77.4 Å². The number of aliphatic hydroxyl groups excluding tert-OH is 1. The number of fused-ring (bicyclic) bond motifs is 10. The van der Waals surface area contributed by atoms with Crippen molar-refractivity contribution in [2.24, 2.45) is 62.6 Å². The minimum atomic E-state index is -1.83. The van der Waals surface area contributed by atoms with E-state index in [4.69, 9.17) is 18.6 Å². The molecule has 0 aromatic heterocycles. The van der Waals surface area contributed by atoms with Gasteiger partial charge in [0, 0.05) is 29.3 Å². The third-order valence-electron chi connectivity index (χ3n) is 22.1. The largest absolute Gasteiger partial charge is 0.416 e. The lowest BCUT2D eigenvalue weighted by atomic mass is 9.44. The van der Waals surface area contributed by atoms with Gasteiger partial charge >= 0.3 is 0 Å². The van der Waals surface area contributed by atoms with Crippen LogP contribution in [0.2, 0.25) is 18.1 Å². The van der Waals surface area contributed by atoms with E-state index in [1.807, 2.05) is 0 Å². The Balaban J connectivity index is 1.14. The van der Waals surface area contributed by atoms with E-state index in [9.17, 15) is 10.2 Å². The molecule has 0 aromatic carbocycles. The Kier molecular flexibility index (Phi) is 15.6. The lowest BCUT2D eigenvalue weighted by Gasteiger charge is -2.62. The van der Waals surface area contributed by atoms with Crippen LogP contribution in [-0.2, 0) is 18.6 Å². The van der Waals surface area contributed by atoms with Crippen LogP contribution in [0, 0.1) is 62.6 Å².